The molecule has 2 nitrogen and oxygen atoms in total. The smallest absolute Gasteiger partial charge is 0.0862 e. The Morgan fingerprint density at radius 2 is 1.79 bits per heavy atom. The van der Waals surface area contributed by atoms with Gasteiger partial charge in [0.15, 0.2) is 0 Å². The summed E-state index contributed by atoms with van der Waals surface area (Å²) < 4.78 is 0.352. The molecule has 1 unspecified atom stereocenters. The van der Waals surface area contributed by atoms with Crippen LogP contribution in [0.3, 0.4) is 0 Å². The Kier molecular flexibility index (Phi) is 5.46. The van der Waals surface area contributed by atoms with Crippen molar-refractivity contribution in [2.24, 2.45) is 34.5 Å². The van der Waals surface area contributed by atoms with E-state index in [0.29, 0.717) is 21.3 Å². The molecule has 164 valence electrons. The molecule has 2 N–H and O–H groups in total. The molecule has 0 amide bonds. The number of aliphatic hydroxyl groups excluding tert-OH is 1. The van der Waals surface area contributed by atoms with Gasteiger partial charge in [-0.15, -0.1) is 23.5 Å². The van der Waals surface area contributed by atoms with Crippen LogP contribution in [0, 0.1) is 34.5 Å². The molecule has 5 aliphatic rings. The maximum atomic E-state index is 11.8. The molecule has 5 rings (SSSR count). The Labute approximate surface area is 186 Å². The highest BCUT2D eigenvalue weighted by molar-refractivity contribution is 8.17. The number of aliphatic hydroxyl groups is 2. The van der Waals surface area contributed by atoms with Crippen molar-refractivity contribution in [3.05, 3.63) is 11.6 Å². The van der Waals surface area contributed by atoms with Gasteiger partial charge in [0.1, 0.15) is 0 Å². The first-order valence-corrected chi connectivity index (χ1v) is 14.2. The molecule has 0 aromatic rings. The van der Waals surface area contributed by atoms with E-state index in [9.17, 15) is 10.2 Å². The molecule has 0 spiro atoms. The van der Waals surface area contributed by atoms with E-state index in [1.54, 1.807) is 5.57 Å². The van der Waals surface area contributed by atoms with E-state index in [1.165, 1.54) is 56.5 Å². The maximum Gasteiger partial charge on any atom is 0.0862 e. The van der Waals surface area contributed by atoms with E-state index < -0.39 is 5.60 Å². The molecule has 8 atom stereocenters. The minimum Gasteiger partial charge on any atom is -0.393 e. The lowest BCUT2D eigenvalue weighted by Crippen LogP contribution is -2.55. The summed E-state index contributed by atoms with van der Waals surface area (Å²) in [5.74, 6) is 5.19. The van der Waals surface area contributed by atoms with Crippen LogP contribution < -0.4 is 0 Å². The topological polar surface area (TPSA) is 40.5 Å². The van der Waals surface area contributed by atoms with Gasteiger partial charge in [-0.1, -0.05) is 25.5 Å². The van der Waals surface area contributed by atoms with Gasteiger partial charge < -0.3 is 10.2 Å². The average molecular weight is 437 g/mol. The lowest BCUT2D eigenvalue weighted by Gasteiger charge is -2.59. The minimum absolute atomic E-state index is 0.115. The Balaban J connectivity index is 1.41. The fraction of sp³-hybridized carbons (Fsp3) is 0.920. The summed E-state index contributed by atoms with van der Waals surface area (Å²) >= 11 is 4.02. The van der Waals surface area contributed by atoms with Crippen molar-refractivity contribution in [1.82, 2.24) is 0 Å². The number of hydrogen-bond donors (Lipinski definition) is 2. The number of hydrogen-bond acceptors (Lipinski definition) is 4. The van der Waals surface area contributed by atoms with Crippen LogP contribution in [-0.4, -0.2) is 38.0 Å². The lowest BCUT2D eigenvalue weighted by molar-refractivity contribution is -0.0956. The highest BCUT2D eigenvalue weighted by atomic mass is 32.2. The van der Waals surface area contributed by atoms with Crippen LogP contribution >= 0.6 is 23.5 Å². The molecule has 4 fully saturated rings. The molecule has 1 saturated heterocycles. The van der Waals surface area contributed by atoms with Crippen LogP contribution in [0.25, 0.3) is 0 Å². The fourth-order valence-corrected chi connectivity index (χ4v) is 11.8. The van der Waals surface area contributed by atoms with Crippen LogP contribution in [0.15, 0.2) is 11.6 Å². The number of thioether (sulfide) groups is 2. The van der Waals surface area contributed by atoms with Crippen LogP contribution in [0.1, 0.15) is 78.6 Å². The highest BCUT2D eigenvalue weighted by Gasteiger charge is 2.62. The molecular weight excluding hydrogens is 396 g/mol. The fourth-order valence-electron chi connectivity index (χ4n) is 8.59. The van der Waals surface area contributed by atoms with Gasteiger partial charge in [-0.3, -0.25) is 0 Å². The molecule has 0 aromatic carbocycles. The Hall–Kier alpha value is 0.360. The summed E-state index contributed by atoms with van der Waals surface area (Å²) in [6.45, 7) is 7.24. The van der Waals surface area contributed by atoms with Crippen LogP contribution in [0.2, 0.25) is 0 Å². The van der Waals surface area contributed by atoms with Crippen molar-refractivity contribution in [3.63, 3.8) is 0 Å². The zero-order valence-electron chi connectivity index (χ0n) is 18.5. The standard InChI is InChI=1S/C25H40O2S2/c1-23-11-9-17(26)15-16(23)5-6-18-19-7-8-21(24(19,2)12-10-20(18)23)25(3,27)22-28-13-4-14-29-22/h5,17-22,26-27H,4,6-15H2,1-3H3/t17-,18-,19-,20?,21-,23-,24-,25+/m0/s1. The summed E-state index contributed by atoms with van der Waals surface area (Å²) in [5, 5.41) is 22.1. The molecule has 3 saturated carbocycles. The van der Waals surface area contributed by atoms with Gasteiger partial charge in [-0.2, -0.15) is 0 Å². The SMILES string of the molecule is C[C@]12CCC3[C@@H](CC=C4C[C@@H](O)CC[C@@]43C)[C@@H]1CC[C@@H]2[C@@](C)(O)C1SCCCS1. The quantitative estimate of drug-likeness (QED) is 0.531. The summed E-state index contributed by atoms with van der Waals surface area (Å²) in [7, 11) is 0. The van der Waals surface area contributed by atoms with E-state index in [4.69, 9.17) is 0 Å². The van der Waals surface area contributed by atoms with Crippen LogP contribution in [-0.2, 0) is 0 Å². The third-order valence-electron chi connectivity index (χ3n) is 10.1. The van der Waals surface area contributed by atoms with E-state index in [-0.39, 0.29) is 6.10 Å². The van der Waals surface area contributed by atoms with Gasteiger partial charge in [-0.05, 0) is 111 Å². The van der Waals surface area contributed by atoms with Crippen molar-refractivity contribution in [2.45, 2.75) is 94.8 Å². The van der Waals surface area contributed by atoms with Crippen LogP contribution in [0.4, 0.5) is 0 Å². The second-order valence-corrected chi connectivity index (χ2v) is 14.2. The molecule has 4 aliphatic carbocycles. The Morgan fingerprint density at radius 3 is 2.55 bits per heavy atom. The van der Waals surface area contributed by atoms with Crippen molar-refractivity contribution in [2.75, 3.05) is 11.5 Å². The normalized spacial score (nSPS) is 50.1. The van der Waals surface area contributed by atoms with Gasteiger partial charge in [0.2, 0.25) is 0 Å². The third-order valence-corrected chi connectivity index (χ3v) is 13.5. The number of fused-ring (bicyclic) bond motifs is 5. The summed E-state index contributed by atoms with van der Waals surface area (Å²) in [5.41, 5.74) is 1.62. The zero-order chi connectivity index (χ0) is 20.4. The molecule has 4 heteroatoms. The zero-order valence-corrected chi connectivity index (χ0v) is 20.2. The van der Waals surface area contributed by atoms with E-state index in [1.807, 2.05) is 23.5 Å². The van der Waals surface area contributed by atoms with Gasteiger partial charge in [0.25, 0.3) is 0 Å². The van der Waals surface area contributed by atoms with E-state index in [2.05, 4.69) is 26.8 Å². The number of allylic oxidation sites excluding steroid dienone is 1. The third kappa shape index (κ3) is 3.21. The van der Waals surface area contributed by atoms with Crippen molar-refractivity contribution < 1.29 is 10.2 Å². The van der Waals surface area contributed by atoms with Crippen molar-refractivity contribution in [3.8, 4) is 0 Å². The van der Waals surface area contributed by atoms with Gasteiger partial charge in [-0.25, -0.2) is 0 Å². The monoisotopic (exact) mass is 436 g/mol. The first kappa shape index (κ1) is 21.2. The van der Waals surface area contributed by atoms with Gasteiger partial charge in [0, 0.05) is 0 Å². The van der Waals surface area contributed by atoms with E-state index in [0.717, 1.165) is 30.6 Å². The Bertz CT molecular complexity index is 670. The second kappa shape index (κ2) is 7.46. The summed E-state index contributed by atoms with van der Waals surface area (Å²) in [6, 6.07) is 0. The molecule has 0 bridgehead atoms. The molecule has 1 heterocycles. The minimum atomic E-state index is -0.555. The van der Waals surface area contributed by atoms with E-state index >= 15 is 0 Å². The lowest BCUT2D eigenvalue weighted by atomic mass is 9.47. The van der Waals surface area contributed by atoms with Gasteiger partial charge in [0.05, 0.1) is 16.3 Å². The maximum absolute atomic E-state index is 11.8. The van der Waals surface area contributed by atoms with Gasteiger partial charge >= 0.3 is 0 Å². The first-order valence-electron chi connectivity index (χ1n) is 12.1. The first-order chi connectivity index (χ1) is 13.8. The summed E-state index contributed by atoms with van der Waals surface area (Å²) in [4.78, 5) is 0. The van der Waals surface area contributed by atoms with Crippen molar-refractivity contribution >= 4 is 23.5 Å². The molecule has 0 radical (unpaired) electrons. The second-order valence-electron chi connectivity index (χ2n) is 11.5. The molecule has 0 aromatic heterocycles. The molecule has 29 heavy (non-hydrogen) atoms. The molecular formula is C25H40O2S2. The summed E-state index contributed by atoms with van der Waals surface area (Å²) in [6.07, 6.45) is 13.1. The average Bonchev–Trinajstić information content (AvgIpc) is 3.07. The predicted octanol–water partition coefficient (Wildman–Crippen LogP) is 5.87. The van der Waals surface area contributed by atoms with Crippen molar-refractivity contribution in [1.29, 1.82) is 0 Å². The molecule has 1 aliphatic heterocycles. The highest BCUT2D eigenvalue weighted by Crippen LogP contribution is 2.68. The Morgan fingerprint density at radius 1 is 1.03 bits per heavy atom. The van der Waals surface area contributed by atoms with Crippen LogP contribution in [0.5, 0.6) is 0 Å². The predicted molar refractivity (Wildman–Crippen MR) is 125 cm³/mol. The number of rotatable bonds is 2. The largest absolute Gasteiger partial charge is 0.393 e.